The molecule has 1 heteroatoms. The number of methoxy groups -OCH3 is 1. The Morgan fingerprint density at radius 1 is 1.15 bits per heavy atom. The van der Waals surface area contributed by atoms with Crippen molar-refractivity contribution in [1.29, 1.82) is 0 Å². The van der Waals surface area contributed by atoms with Gasteiger partial charge < -0.3 is 4.74 Å². The number of rotatable bonds is 5. The summed E-state index contributed by atoms with van der Waals surface area (Å²) in [5.74, 6) is 2.69. The fourth-order valence-electron chi connectivity index (χ4n) is 3.60. The van der Waals surface area contributed by atoms with Crippen molar-refractivity contribution < 1.29 is 4.74 Å². The molecule has 0 spiro atoms. The summed E-state index contributed by atoms with van der Waals surface area (Å²) < 4.78 is 5.42. The van der Waals surface area contributed by atoms with Gasteiger partial charge in [0.05, 0.1) is 7.11 Å². The quantitative estimate of drug-likeness (QED) is 0.638. The molecule has 0 aliphatic heterocycles. The van der Waals surface area contributed by atoms with E-state index in [1.807, 2.05) is 0 Å². The summed E-state index contributed by atoms with van der Waals surface area (Å²) in [5, 5.41) is 0. The Morgan fingerprint density at radius 2 is 1.85 bits per heavy atom. The molecular weight excluding hydrogens is 244 g/mol. The number of hydrogen-bond donors (Lipinski definition) is 0. The van der Waals surface area contributed by atoms with E-state index >= 15 is 0 Å². The monoisotopic (exact) mass is 272 g/mol. The maximum Gasteiger partial charge on any atom is 0.122 e. The molecule has 0 saturated heterocycles. The number of allylic oxidation sites excluding steroid dienone is 1. The molecule has 110 valence electrons. The van der Waals surface area contributed by atoms with Crippen LogP contribution in [0.2, 0.25) is 0 Å². The van der Waals surface area contributed by atoms with E-state index in [4.69, 9.17) is 4.74 Å². The Labute approximate surface area is 124 Å². The fourth-order valence-corrected chi connectivity index (χ4v) is 3.60. The average molecular weight is 272 g/mol. The normalized spacial score (nSPS) is 22.6. The minimum atomic E-state index is 0.750. The molecule has 20 heavy (non-hydrogen) atoms. The molecule has 0 bridgehead atoms. The van der Waals surface area contributed by atoms with E-state index in [9.17, 15) is 0 Å². The molecule has 1 aromatic carbocycles. The van der Waals surface area contributed by atoms with Gasteiger partial charge in [0.25, 0.3) is 0 Å². The molecule has 1 aromatic rings. The molecule has 0 aromatic heterocycles. The van der Waals surface area contributed by atoms with E-state index in [2.05, 4.69) is 38.6 Å². The SMILES string of the molecule is C=CCCC1CCC(c2ccc(OC)c(C)c2C)CC1. The second-order valence-corrected chi connectivity index (χ2v) is 6.19. The van der Waals surface area contributed by atoms with Crippen LogP contribution in [0.25, 0.3) is 0 Å². The molecule has 0 unspecified atom stereocenters. The smallest absolute Gasteiger partial charge is 0.122 e. The topological polar surface area (TPSA) is 9.23 Å². The Balaban J connectivity index is 2.03. The zero-order valence-corrected chi connectivity index (χ0v) is 13.2. The summed E-state index contributed by atoms with van der Waals surface area (Å²) in [6.45, 7) is 8.25. The highest BCUT2D eigenvalue weighted by atomic mass is 16.5. The van der Waals surface area contributed by atoms with Crippen LogP contribution in [0.3, 0.4) is 0 Å². The first-order valence-electron chi connectivity index (χ1n) is 7.92. The summed E-state index contributed by atoms with van der Waals surface area (Å²) in [6, 6.07) is 4.43. The van der Waals surface area contributed by atoms with Crippen molar-refractivity contribution in [2.75, 3.05) is 7.11 Å². The minimum absolute atomic E-state index is 0.750. The van der Waals surface area contributed by atoms with Gasteiger partial charge in [-0.25, -0.2) is 0 Å². The fraction of sp³-hybridized carbons (Fsp3) is 0.579. The van der Waals surface area contributed by atoms with Crippen LogP contribution in [-0.4, -0.2) is 7.11 Å². The Kier molecular flexibility index (Phi) is 5.28. The highest BCUT2D eigenvalue weighted by molar-refractivity contribution is 5.45. The van der Waals surface area contributed by atoms with Gasteiger partial charge in [-0.15, -0.1) is 6.58 Å². The standard InChI is InChI=1S/C19H28O/c1-5-6-7-16-8-10-17(11-9-16)18-12-13-19(20-4)15(3)14(18)2/h5,12-13,16-17H,1,6-11H2,2-4H3. The van der Waals surface area contributed by atoms with Gasteiger partial charge in [-0.1, -0.05) is 12.1 Å². The first kappa shape index (κ1) is 15.2. The Bertz CT molecular complexity index is 453. The summed E-state index contributed by atoms with van der Waals surface area (Å²) in [5.41, 5.74) is 4.28. The molecule has 2 rings (SSSR count). The van der Waals surface area contributed by atoms with Crippen molar-refractivity contribution in [2.45, 2.75) is 58.3 Å². The molecule has 1 aliphatic rings. The zero-order chi connectivity index (χ0) is 14.5. The van der Waals surface area contributed by atoms with Gasteiger partial charge in [0, 0.05) is 0 Å². The molecule has 0 radical (unpaired) electrons. The van der Waals surface area contributed by atoms with Gasteiger partial charge in [0.15, 0.2) is 0 Å². The molecule has 1 saturated carbocycles. The molecule has 1 nitrogen and oxygen atoms in total. The largest absolute Gasteiger partial charge is 0.496 e. The van der Waals surface area contributed by atoms with Crippen LogP contribution in [0, 0.1) is 19.8 Å². The molecule has 0 atom stereocenters. The number of benzene rings is 1. The number of ether oxygens (including phenoxy) is 1. The lowest BCUT2D eigenvalue weighted by atomic mass is 9.76. The van der Waals surface area contributed by atoms with Crippen molar-refractivity contribution in [3.63, 3.8) is 0 Å². The molecular formula is C19H28O. The summed E-state index contributed by atoms with van der Waals surface area (Å²) in [4.78, 5) is 0. The van der Waals surface area contributed by atoms with E-state index in [1.54, 1.807) is 12.7 Å². The van der Waals surface area contributed by atoms with Crippen LogP contribution < -0.4 is 4.74 Å². The van der Waals surface area contributed by atoms with Crippen molar-refractivity contribution in [3.05, 3.63) is 41.5 Å². The summed E-state index contributed by atoms with van der Waals surface area (Å²) in [7, 11) is 1.76. The predicted molar refractivity (Wildman–Crippen MR) is 86.6 cm³/mol. The highest BCUT2D eigenvalue weighted by Gasteiger charge is 2.23. The second kappa shape index (κ2) is 6.97. The van der Waals surface area contributed by atoms with Gasteiger partial charge in [0.2, 0.25) is 0 Å². The molecule has 0 amide bonds. The molecule has 0 N–H and O–H groups in total. The third-order valence-electron chi connectivity index (χ3n) is 5.06. The Hall–Kier alpha value is -1.24. The van der Waals surface area contributed by atoms with E-state index in [-0.39, 0.29) is 0 Å². The lowest BCUT2D eigenvalue weighted by Crippen LogP contribution is -2.14. The summed E-state index contributed by atoms with van der Waals surface area (Å²) in [6.07, 6.45) is 10.0. The maximum atomic E-state index is 5.42. The van der Waals surface area contributed by atoms with Gasteiger partial charge in [0.1, 0.15) is 5.75 Å². The van der Waals surface area contributed by atoms with E-state index in [0.717, 1.165) is 17.6 Å². The average Bonchev–Trinajstić information content (AvgIpc) is 2.48. The third kappa shape index (κ3) is 3.26. The van der Waals surface area contributed by atoms with Crippen LogP contribution in [0.5, 0.6) is 5.75 Å². The van der Waals surface area contributed by atoms with Crippen molar-refractivity contribution >= 4 is 0 Å². The predicted octanol–water partition coefficient (Wildman–Crippen LogP) is 5.55. The lowest BCUT2D eigenvalue weighted by molar-refractivity contribution is 0.311. The van der Waals surface area contributed by atoms with Crippen LogP contribution in [0.1, 0.15) is 61.1 Å². The van der Waals surface area contributed by atoms with Gasteiger partial charge >= 0.3 is 0 Å². The Morgan fingerprint density at radius 3 is 2.45 bits per heavy atom. The molecule has 1 fully saturated rings. The van der Waals surface area contributed by atoms with Gasteiger partial charge in [-0.2, -0.15) is 0 Å². The van der Waals surface area contributed by atoms with Crippen LogP contribution in [0.15, 0.2) is 24.8 Å². The highest BCUT2D eigenvalue weighted by Crippen LogP contribution is 2.40. The molecule has 0 heterocycles. The minimum Gasteiger partial charge on any atom is -0.496 e. The first-order valence-corrected chi connectivity index (χ1v) is 7.92. The first-order chi connectivity index (χ1) is 9.67. The number of hydrogen-bond acceptors (Lipinski definition) is 1. The lowest BCUT2D eigenvalue weighted by Gasteiger charge is -2.30. The summed E-state index contributed by atoms with van der Waals surface area (Å²) >= 11 is 0. The van der Waals surface area contributed by atoms with E-state index in [1.165, 1.54) is 49.7 Å². The maximum absolute atomic E-state index is 5.42. The molecule has 1 aliphatic carbocycles. The second-order valence-electron chi connectivity index (χ2n) is 6.19. The van der Waals surface area contributed by atoms with Crippen LogP contribution >= 0.6 is 0 Å². The van der Waals surface area contributed by atoms with Crippen LogP contribution in [-0.2, 0) is 0 Å². The third-order valence-corrected chi connectivity index (χ3v) is 5.06. The van der Waals surface area contributed by atoms with E-state index in [0.29, 0.717) is 0 Å². The van der Waals surface area contributed by atoms with Gasteiger partial charge in [-0.3, -0.25) is 0 Å². The van der Waals surface area contributed by atoms with Crippen molar-refractivity contribution in [2.24, 2.45) is 5.92 Å². The van der Waals surface area contributed by atoms with Crippen molar-refractivity contribution in [3.8, 4) is 5.75 Å². The van der Waals surface area contributed by atoms with E-state index < -0.39 is 0 Å². The van der Waals surface area contributed by atoms with Crippen molar-refractivity contribution in [1.82, 2.24) is 0 Å². The van der Waals surface area contributed by atoms with Gasteiger partial charge in [-0.05, 0) is 87.0 Å². The van der Waals surface area contributed by atoms with Crippen LogP contribution in [0.4, 0.5) is 0 Å². The zero-order valence-electron chi connectivity index (χ0n) is 13.2.